The van der Waals surface area contributed by atoms with Crippen molar-refractivity contribution < 1.29 is 5.11 Å². The van der Waals surface area contributed by atoms with Crippen molar-refractivity contribution >= 4 is 10.9 Å². The molecular formula is C24H28N4O3. The second kappa shape index (κ2) is 7.89. The molecule has 3 aromatic rings. The van der Waals surface area contributed by atoms with Gasteiger partial charge in [0.05, 0.1) is 6.04 Å². The molecule has 0 radical (unpaired) electrons. The fraction of sp³-hybridized carbons (Fsp3) is 0.417. The lowest BCUT2D eigenvalue weighted by Crippen LogP contribution is -2.40. The summed E-state index contributed by atoms with van der Waals surface area (Å²) < 4.78 is 1.32. The number of allylic oxidation sites excluding steroid dienone is 2. The molecule has 2 aromatic heterocycles. The summed E-state index contributed by atoms with van der Waals surface area (Å²) in [5, 5.41) is 12.3. The first-order valence-electron chi connectivity index (χ1n) is 11.1. The predicted molar refractivity (Wildman–Crippen MR) is 121 cm³/mol. The molecule has 2 aliphatic rings. The highest BCUT2D eigenvalue weighted by atomic mass is 16.3. The Hall–Kier alpha value is -3.06. The molecule has 31 heavy (non-hydrogen) atoms. The largest absolute Gasteiger partial charge is 0.494 e. The van der Waals surface area contributed by atoms with E-state index in [4.69, 9.17) is 0 Å². The van der Waals surface area contributed by atoms with Crippen LogP contribution in [-0.4, -0.2) is 38.1 Å². The number of H-pyrrole nitrogens is 2. The highest BCUT2D eigenvalue weighted by Crippen LogP contribution is 2.38. The van der Waals surface area contributed by atoms with Gasteiger partial charge in [0.25, 0.3) is 5.56 Å². The molecule has 1 aliphatic heterocycles. The molecule has 0 unspecified atom stereocenters. The molecule has 3 heterocycles. The van der Waals surface area contributed by atoms with Crippen molar-refractivity contribution in [2.45, 2.75) is 51.1 Å². The third kappa shape index (κ3) is 3.43. The minimum absolute atomic E-state index is 0.228. The standard InChI is InChI=1S/C24H28N4O3/c1-27-13-12-17-16-9-5-6-10-18(16)25-20(17)21(27)19-22(29)26-24(31)28(23(19)30)14-11-15-7-3-2-4-8-15/h5-7,9-10,21,25,30H,2-4,8,11-14H2,1H3,(H,26,29,31)/t21-/m1/s1. The third-order valence-electron chi connectivity index (χ3n) is 6.80. The maximum absolute atomic E-state index is 12.9. The van der Waals surface area contributed by atoms with Gasteiger partial charge in [-0.1, -0.05) is 29.8 Å². The van der Waals surface area contributed by atoms with Gasteiger partial charge < -0.3 is 10.1 Å². The summed E-state index contributed by atoms with van der Waals surface area (Å²) in [5.74, 6) is -0.228. The molecule has 0 fully saturated rings. The average Bonchev–Trinajstić information content (AvgIpc) is 3.14. The fourth-order valence-electron chi connectivity index (χ4n) is 5.14. The van der Waals surface area contributed by atoms with Crippen LogP contribution < -0.4 is 11.2 Å². The third-order valence-corrected chi connectivity index (χ3v) is 6.80. The molecule has 1 aliphatic carbocycles. The SMILES string of the molecule is CN1CCc2c([nH]c3ccccc23)[C@H]1c1c(O)n(CCC2=CCCCC2)c(=O)[nH]c1=O. The van der Waals surface area contributed by atoms with Crippen LogP contribution in [0.25, 0.3) is 10.9 Å². The Kier molecular flexibility index (Phi) is 5.06. The monoisotopic (exact) mass is 420 g/mol. The molecule has 162 valence electrons. The number of nitrogens with zero attached hydrogens (tertiary/aromatic N) is 2. The molecule has 0 amide bonds. The Morgan fingerprint density at radius 1 is 1.13 bits per heavy atom. The van der Waals surface area contributed by atoms with Crippen molar-refractivity contribution in [2.24, 2.45) is 0 Å². The van der Waals surface area contributed by atoms with E-state index in [2.05, 4.69) is 27.0 Å². The van der Waals surface area contributed by atoms with Crippen molar-refractivity contribution in [3.8, 4) is 5.88 Å². The topological polar surface area (TPSA) is 94.1 Å². The van der Waals surface area contributed by atoms with Gasteiger partial charge in [0.2, 0.25) is 5.88 Å². The summed E-state index contributed by atoms with van der Waals surface area (Å²) in [6.45, 7) is 1.11. The van der Waals surface area contributed by atoms with Crippen LogP contribution in [0.5, 0.6) is 5.88 Å². The second-order valence-electron chi connectivity index (χ2n) is 8.70. The van der Waals surface area contributed by atoms with Crippen LogP contribution in [0.4, 0.5) is 0 Å². The number of rotatable bonds is 4. The predicted octanol–water partition coefficient (Wildman–Crippen LogP) is 3.19. The fourth-order valence-corrected chi connectivity index (χ4v) is 5.14. The van der Waals surface area contributed by atoms with Crippen molar-refractivity contribution in [1.29, 1.82) is 0 Å². The number of likely N-dealkylation sites (N-methyl/N-ethyl adjacent to an activating group) is 1. The summed E-state index contributed by atoms with van der Waals surface area (Å²) >= 11 is 0. The summed E-state index contributed by atoms with van der Waals surface area (Å²) in [4.78, 5) is 33.4. The Morgan fingerprint density at radius 3 is 2.77 bits per heavy atom. The van der Waals surface area contributed by atoms with E-state index < -0.39 is 17.3 Å². The lowest BCUT2D eigenvalue weighted by Gasteiger charge is -2.33. The van der Waals surface area contributed by atoms with Gasteiger partial charge in [-0.2, -0.15) is 0 Å². The molecule has 1 aromatic carbocycles. The highest BCUT2D eigenvalue weighted by molar-refractivity contribution is 5.85. The van der Waals surface area contributed by atoms with E-state index in [1.165, 1.54) is 28.5 Å². The van der Waals surface area contributed by atoms with Crippen molar-refractivity contribution in [3.05, 3.63) is 73.6 Å². The zero-order valence-electron chi connectivity index (χ0n) is 17.8. The van der Waals surface area contributed by atoms with Gasteiger partial charge in [0.1, 0.15) is 5.56 Å². The van der Waals surface area contributed by atoms with Crippen molar-refractivity contribution in [2.75, 3.05) is 13.6 Å². The number of hydrogen-bond acceptors (Lipinski definition) is 4. The van der Waals surface area contributed by atoms with Crippen LogP contribution in [0.1, 0.15) is 55.0 Å². The highest BCUT2D eigenvalue weighted by Gasteiger charge is 2.34. The number of benzene rings is 1. The van der Waals surface area contributed by atoms with Gasteiger partial charge >= 0.3 is 5.69 Å². The first kappa shape index (κ1) is 19.9. The second-order valence-corrected chi connectivity index (χ2v) is 8.70. The van der Waals surface area contributed by atoms with Gasteiger partial charge in [-0.05, 0) is 57.2 Å². The van der Waals surface area contributed by atoms with Gasteiger partial charge in [0.15, 0.2) is 0 Å². The van der Waals surface area contributed by atoms with Crippen LogP contribution in [0, 0.1) is 0 Å². The van der Waals surface area contributed by atoms with E-state index in [1.807, 2.05) is 25.2 Å². The summed E-state index contributed by atoms with van der Waals surface area (Å²) in [6.07, 6.45) is 8.29. The van der Waals surface area contributed by atoms with E-state index in [0.29, 0.717) is 13.0 Å². The molecule has 1 atom stereocenters. The lowest BCUT2D eigenvalue weighted by atomic mass is 9.93. The van der Waals surface area contributed by atoms with Crippen LogP contribution in [0.3, 0.4) is 0 Å². The van der Waals surface area contributed by atoms with Crippen LogP contribution in [-0.2, 0) is 13.0 Å². The molecule has 3 N–H and O–H groups in total. The minimum atomic E-state index is -0.557. The quantitative estimate of drug-likeness (QED) is 0.565. The van der Waals surface area contributed by atoms with Crippen molar-refractivity contribution in [1.82, 2.24) is 19.4 Å². The summed E-state index contributed by atoms with van der Waals surface area (Å²) in [6, 6.07) is 7.64. The van der Waals surface area contributed by atoms with E-state index in [9.17, 15) is 14.7 Å². The van der Waals surface area contributed by atoms with Gasteiger partial charge in [-0.15, -0.1) is 0 Å². The molecule has 0 saturated carbocycles. The van der Waals surface area contributed by atoms with Crippen LogP contribution >= 0.6 is 0 Å². The Labute approximate surface area is 180 Å². The number of aromatic hydroxyl groups is 1. The molecule has 0 saturated heterocycles. The first-order valence-corrected chi connectivity index (χ1v) is 11.1. The van der Waals surface area contributed by atoms with Gasteiger partial charge in [-0.3, -0.25) is 19.2 Å². The molecule has 0 bridgehead atoms. The maximum atomic E-state index is 12.9. The number of nitrogens with one attached hydrogen (secondary N) is 2. The molecular weight excluding hydrogens is 392 g/mol. The number of para-hydroxylation sites is 1. The van der Waals surface area contributed by atoms with E-state index in [0.717, 1.165) is 42.4 Å². The van der Waals surface area contributed by atoms with Crippen molar-refractivity contribution in [3.63, 3.8) is 0 Å². The Morgan fingerprint density at radius 2 is 1.97 bits per heavy atom. The van der Waals surface area contributed by atoms with E-state index in [1.54, 1.807) is 0 Å². The molecule has 7 nitrogen and oxygen atoms in total. The Bertz CT molecular complexity index is 1280. The smallest absolute Gasteiger partial charge is 0.331 e. The van der Waals surface area contributed by atoms with Gasteiger partial charge in [0, 0.05) is 29.7 Å². The van der Waals surface area contributed by atoms with E-state index >= 15 is 0 Å². The summed E-state index contributed by atoms with van der Waals surface area (Å²) in [7, 11) is 1.94. The van der Waals surface area contributed by atoms with Crippen LogP contribution in [0.15, 0.2) is 45.5 Å². The lowest BCUT2D eigenvalue weighted by molar-refractivity contribution is 0.250. The number of hydrogen-bond donors (Lipinski definition) is 3. The van der Waals surface area contributed by atoms with Gasteiger partial charge in [-0.25, -0.2) is 4.79 Å². The van der Waals surface area contributed by atoms with E-state index in [-0.39, 0.29) is 11.4 Å². The molecule has 5 rings (SSSR count). The zero-order valence-corrected chi connectivity index (χ0v) is 17.8. The molecule has 0 spiro atoms. The number of aromatic amines is 2. The average molecular weight is 421 g/mol. The van der Waals surface area contributed by atoms with Crippen LogP contribution in [0.2, 0.25) is 0 Å². The number of fused-ring (bicyclic) bond motifs is 3. The number of aromatic nitrogens is 3. The maximum Gasteiger partial charge on any atom is 0.331 e. The minimum Gasteiger partial charge on any atom is -0.494 e. The first-order chi connectivity index (χ1) is 15.0. The Balaban J connectivity index is 1.59. The normalized spacial score (nSPS) is 19.4. The molecule has 7 heteroatoms. The summed E-state index contributed by atoms with van der Waals surface area (Å²) in [5.41, 5.74) is 3.56. The zero-order chi connectivity index (χ0) is 21.5.